The Balaban J connectivity index is 1.83. The lowest BCUT2D eigenvalue weighted by atomic mass is 10.1. The standard InChI is InChI=1S/C25H21ClN2O5/c1-31-16-10-8-15(9-11-16)28-14-19(17-6-4-5-7-18(17)25(28)30)24(29)27-21-12-20(26)22(32-2)13-23(21)33-3/h4-14H,1-3H3,(H,27,29). The van der Waals surface area contributed by atoms with Crippen LogP contribution in [0.1, 0.15) is 10.4 Å². The zero-order chi connectivity index (χ0) is 23.5. The molecule has 0 spiro atoms. The van der Waals surface area contributed by atoms with Gasteiger partial charge in [-0.2, -0.15) is 0 Å². The zero-order valence-corrected chi connectivity index (χ0v) is 19.0. The maximum atomic E-state index is 13.4. The van der Waals surface area contributed by atoms with Gasteiger partial charge in [-0.05, 0) is 36.4 Å². The third-order valence-corrected chi connectivity index (χ3v) is 5.54. The Morgan fingerprint density at radius 1 is 0.879 bits per heavy atom. The molecule has 4 aromatic rings. The number of pyridine rings is 1. The van der Waals surface area contributed by atoms with Gasteiger partial charge >= 0.3 is 0 Å². The molecule has 1 amide bonds. The van der Waals surface area contributed by atoms with E-state index in [1.165, 1.54) is 25.0 Å². The number of nitrogens with one attached hydrogen (secondary N) is 1. The fraction of sp³-hybridized carbons (Fsp3) is 0.120. The zero-order valence-electron chi connectivity index (χ0n) is 18.2. The summed E-state index contributed by atoms with van der Waals surface area (Å²) in [7, 11) is 4.55. The van der Waals surface area contributed by atoms with Crippen LogP contribution < -0.4 is 25.1 Å². The summed E-state index contributed by atoms with van der Waals surface area (Å²) in [4.78, 5) is 26.6. The topological polar surface area (TPSA) is 78.8 Å². The average molecular weight is 465 g/mol. The number of carbonyl (C=O) groups excluding carboxylic acids is 1. The Morgan fingerprint density at radius 2 is 1.55 bits per heavy atom. The number of hydrogen-bond acceptors (Lipinski definition) is 5. The molecule has 1 heterocycles. The van der Waals surface area contributed by atoms with Crippen LogP contribution in [-0.4, -0.2) is 31.8 Å². The van der Waals surface area contributed by atoms with Crippen LogP contribution in [0.2, 0.25) is 5.02 Å². The second-order valence-electron chi connectivity index (χ2n) is 7.10. The number of hydrogen-bond donors (Lipinski definition) is 1. The largest absolute Gasteiger partial charge is 0.497 e. The van der Waals surface area contributed by atoms with Crippen LogP contribution in [0.4, 0.5) is 5.69 Å². The Labute approximate surface area is 195 Å². The molecule has 7 nitrogen and oxygen atoms in total. The van der Waals surface area contributed by atoms with E-state index in [1.54, 1.807) is 67.8 Å². The first-order valence-corrected chi connectivity index (χ1v) is 10.4. The van der Waals surface area contributed by atoms with Gasteiger partial charge < -0.3 is 19.5 Å². The molecule has 0 aliphatic rings. The summed E-state index contributed by atoms with van der Waals surface area (Å²) in [5.41, 5.74) is 1.05. The number of benzene rings is 3. The van der Waals surface area contributed by atoms with E-state index in [1.807, 2.05) is 0 Å². The van der Waals surface area contributed by atoms with Crippen LogP contribution in [0.3, 0.4) is 0 Å². The van der Waals surface area contributed by atoms with Crippen molar-refractivity contribution in [2.24, 2.45) is 0 Å². The van der Waals surface area contributed by atoms with Crippen molar-refractivity contribution in [2.75, 3.05) is 26.6 Å². The lowest BCUT2D eigenvalue weighted by Crippen LogP contribution is -2.22. The van der Waals surface area contributed by atoms with Crippen LogP contribution >= 0.6 is 11.6 Å². The van der Waals surface area contributed by atoms with Gasteiger partial charge in [0.1, 0.15) is 17.2 Å². The molecule has 0 saturated heterocycles. The smallest absolute Gasteiger partial charge is 0.262 e. The highest BCUT2D eigenvalue weighted by molar-refractivity contribution is 6.32. The van der Waals surface area contributed by atoms with Crippen molar-refractivity contribution in [1.82, 2.24) is 4.57 Å². The van der Waals surface area contributed by atoms with E-state index in [2.05, 4.69) is 5.32 Å². The number of rotatable bonds is 6. The number of ether oxygens (including phenoxy) is 3. The molecule has 0 bridgehead atoms. The van der Waals surface area contributed by atoms with Gasteiger partial charge in [-0.25, -0.2) is 0 Å². The van der Waals surface area contributed by atoms with Gasteiger partial charge in [0.2, 0.25) is 0 Å². The Morgan fingerprint density at radius 3 is 2.18 bits per heavy atom. The fourth-order valence-corrected chi connectivity index (χ4v) is 3.80. The number of methoxy groups -OCH3 is 3. The van der Waals surface area contributed by atoms with Gasteiger partial charge in [0, 0.05) is 28.7 Å². The molecule has 4 rings (SSSR count). The average Bonchev–Trinajstić information content (AvgIpc) is 2.84. The molecule has 0 radical (unpaired) electrons. The Bertz CT molecular complexity index is 1400. The molecular formula is C25H21ClN2O5. The highest BCUT2D eigenvalue weighted by Crippen LogP contribution is 2.36. The number of nitrogens with zero attached hydrogens (tertiary/aromatic N) is 1. The maximum Gasteiger partial charge on any atom is 0.262 e. The first kappa shape index (κ1) is 22.2. The minimum atomic E-state index is -0.423. The van der Waals surface area contributed by atoms with Gasteiger partial charge in [-0.15, -0.1) is 0 Å². The molecule has 1 aromatic heterocycles. The van der Waals surface area contributed by atoms with Crippen molar-refractivity contribution >= 4 is 34.0 Å². The van der Waals surface area contributed by atoms with Crippen LogP contribution in [0.25, 0.3) is 16.5 Å². The van der Waals surface area contributed by atoms with Gasteiger partial charge in [-0.3, -0.25) is 14.2 Å². The van der Waals surface area contributed by atoms with Crippen molar-refractivity contribution in [1.29, 1.82) is 0 Å². The molecule has 0 saturated carbocycles. The molecule has 33 heavy (non-hydrogen) atoms. The maximum absolute atomic E-state index is 13.4. The summed E-state index contributed by atoms with van der Waals surface area (Å²) in [5.74, 6) is 1.05. The van der Waals surface area contributed by atoms with Gasteiger partial charge in [-0.1, -0.05) is 29.8 Å². The van der Waals surface area contributed by atoms with E-state index in [9.17, 15) is 9.59 Å². The normalized spacial score (nSPS) is 10.7. The minimum Gasteiger partial charge on any atom is -0.497 e. The molecule has 0 aliphatic carbocycles. The van der Waals surface area contributed by atoms with Gasteiger partial charge in [0.05, 0.1) is 37.6 Å². The number of halogens is 1. The lowest BCUT2D eigenvalue weighted by molar-refractivity contribution is 0.102. The molecule has 1 N–H and O–H groups in total. The van der Waals surface area contributed by atoms with E-state index in [0.29, 0.717) is 50.0 Å². The van der Waals surface area contributed by atoms with E-state index >= 15 is 0 Å². The van der Waals surface area contributed by atoms with E-state index in [-0.39, 0.29) is 5.56 Å². The summed E-state index contributed by atoms with van der Waals surface area (Å²) in [6.45, 7) is 0. The summed E-state index contributed by atoms with van der Waals surface area (Å²) < 4.78 is 17.2. The second kappa shape index (κ2) is 9.26. The molecule has 0 fully saturated rings. The number of anilines is 1. The summed E-state index contributed by atoms with van der Waals surface area (Å²) >= 11 is 6.25. The van der Waals surface area contributed by atoms with E-state index in [4.69, 9.17) is 25.8 Å². The van der Waals surface area contributed by atoms with Crippen LogP contribution in [0.15, 0.2) is 71.7 Å². The predicted octanol–water partition coefficient (Wildman–Crippen LogP) is 4.92. The predicted molar refractivity (Wildman–Crippen MR) is 129 cm³/mol. The van der Waals surface area contributed by atoms with Crippen molar-refractivity contribution in [3.8, 4) is 22.9 Å². The van der Waals surface area contributed by atoms with Gasteiger partial charge in [0.15, 0.2) is 0 Å². The number of amides is 1. The van der Waals surface area contributed by atoms with Crippen molar-refractivity contribution < 1.29 is 19.0 Å². The molecule has 0 aliphatic heterocycles. The Kier molecular flexibility index (Phi) is 6.24. The van der Waals surface area contributed by atoms with Crippen LogP contribution in [0.5, 0.6) is 17.2 Å². The van der Waals surface area contributed by atoms with Gasteiger partial charge in [0.25, 0.3) is 11.5 Å². The SMILES string of the molecule is COc1ccc(-n2cc(C(=O)Nc3cc(Cl)c(OC)cc3OC)c3ccccc3c2=O)cc1. The summed E-state index contributed by atoms with van der Waals surface area (Å²) in [6.07, 6.45) is 1.53. The molecule has 0 atom stereocenters. The number of fused-ring (bicyclic) bond motifs is 1. The molecular weight excluding hydrogens is 444 g/mol. The minimum absolute atomic E-state index is 0.239. The summed E-state index contributed by atoms with van der Waals surface area (Å²) in [5, 5.41) is 4.11. The number of aromatic nitrogens is 1. The monoisotopic (exact) mass is 464 g/mol. The van der Waals surface area contributed by atoms with Crippen molar-refractivity contribution in [2.45, 2.75) is 0 Å². The quantitative estimate of drug-likeness (QED) is 0.438. The van der Waals surface area contributed by atoms with Crippen molar-refractivity contribution in [3.63, 3.8) is 0 Å². The molecule has 3 aromatic carbocycles. The third kappa shape index (κ3) is 4.23. The van der Waals surface area contributed by atoms with E-state index < -0.39 is 5.91 Å². The van der Waals surface area contributed by atoms with Crippen molar-refractivity contribution in [3.05, 3.63) is 87.8 Å². The molecule has 0 unspecified atom stereocenters. The van der Waals surface area contributed by atoms with Crippen LogP contribution in [0, 0.1) is 0 Å². The van der Waals surface area contributed by atoms with Crippen LogP contribution in [-0.2, 0) is 0 Å². The fourth-order valence-electron chi connectivity index (χ4n) is 3.55. The highest BCUT2D eigenvalue weighted by atomic mass is 35.5. The molecule has 8 heteroatoms. The molecule has 168 valence electrons. The first-order valence-electron chi connectivity index (χ1n) is 9.98. The lowest BCUT2D eigenvalue weighted by Gasteiger charge is -2.15. The first-order chi connectivity index (χ1) is 16.0. The van der Waals surface area contributed by atoms with E-state index in [0.717, 1.165) is 0 Å². The second-order valence-corrected chi connectivity index (χ2v) is 7.51. The third-order valence-electron chi connectivity index (χ3n) is 5.24. The Hall–Kier alpha value is -3.97. The number of carbonyl (C=O) groups is 1. The summed E-state index contributed by atoms with van der Waals surface area (Å²) in [6, 6.07) is 17.1. The highest BCUT2D eigenvalue weighted by Gasteiger charge is 2.18.